The number of nitrogens with zero attached hydrogens (tertiary/aromatic N) is 3. The zero-order chi connectivity index (χ0) is 28.2. The third-order valence-electron chi connectivity index (χ3n) is 6.93. The van der Waals surface area contributed by atoms with Crippen molar-refractivity contribution in [2.24, 2.45) is 5.92 Å². The number of ether oxygens (including phenoxy) is 2. The summed E-state index contributed by atoms with van der Waals surface area (Å²) < 4.78 is 15.1. The Balaban J connectivity index is 1.15. The molecule has 3 heterocycles. The molecule has 2 aliphatic rings. The summed E-state index contributed by atoms with van der Waals surface area (Å²) in [6.45, 7) is 4.09. The van der Waals surface area contributed by atoms with Gasteiger partial charge in [-0.15, -0.1) is 0 Å². The second kappa shape index (κ2) is 11.8. The van der Waals surface area contributed by atoms with Crippen LogP contribution in [0.25, 0.3) is 11.4 Å². The Hall–Kier alpha value is -4.32. The van der Waals surface area contributed by atoms with Crippen LogP contribution < -0.4 is 20.9 Å². The summed E-state index contributed by atoms with van der Waals surface area (Å²) in [5.74, 6) is -1.23. The molecule has 2 N–H and O–H groups in total. The number of hydrogen-bond donors (Lipinski definition) is 2. The summed E-state index contributed by atoms with van der Waals surface area (Å²) in [5, 5.41) is 6.66. The molecule has 1 aromatic heterocycles. The average molecular weight is 570 g/mol. The summed E-state index contributed by atoms with van der Waals surface area (Å²) in [5.41, 5.74) is 2.32. The highest BCUT2D eigenvalue weighted by Gasteiger charge is 2.33. The first kappa shape index (κ1) is 27.3. The van der Waals surface area contributed by atoms with Crippen molar-refractivity contribution in [3.63, 3.8) is 0 Å². The summed E-state index contributed by atoms with van der Waals surface area (Å²) >= 11 is 6.18. The Morgan fingerprint density at radius 1 is 1.12 bits per heavy atom. The molecule has 0 spiro atoms. The number of nitrogens with one attached hydrogen (secondary N) is 2. The number of benzene rings is 2. The molecule has 2 fully saturated rings. The van der Waals surface area contributed by atoms with Crippen molar-refractivity contribution in [1.82, 2.24) is 15.5 Å². The number of esters is 1. The van der Waals surface area contributed by atoms with Crippen molar-refractivity contribution >= 4 is 40.9 Å². The molecule has 0 radical (unpaired) electrons. The van der Waals surface area contributed by atoms with E-state index in [0.717, 1.165) is 31.6 Å². The van der Waals surface area contributed by atoms with Gasteiger partial charge in [0.1, 0.15) is 6.10 Å². The summed E-state index contributed by atoms with van der Waals surface area (Å²) in [7, 11) is 0. The number of halogens is 1. The molecule has 2 aromatic carbocycles. The first-order valence-electron chi connectivity index (χ1n) is 13.0. The Bertz CT molecular complexity index is 1450. The first-order valence-corrected chi connectivity index (χ1v) is 13.3. The molecular weight excluding hydrogens is 542 g/mol. The van der Waals surface area contributed by atoms with Crippen LogP contribution >= 0.6 is 11.6 Å². The van der Waals surface area contributed by atoms with Crippen molar-refractivity contribution in [3.05, 3.63) is 63.6 Å². The standard InChI is InChI=1S/C27H28ClN5O7/c1-2-38-25(35)16-9-11-32(12-10-16)18-4-6-19(7-5-18)33-15-20(39-27(33)37)14-29-24(34)17-3-8-22(28)21(13-17)23-30-26(36)40-31-23/h3-8,13,16,20H,2,9-12,14-15H2,1H3,(H,29,34)(H,30,31,36)/t20-/m0/s1. The van der Waals surface area contributed by atoms with Crippen molar-refractivity contribution in [2.45, 2.75) is 25.9 Å². The lowest BCUT2D eigenvalue weighted by Crippen LogP contribution is -2.37. The molecule has 1 atom stereocenters. The van der Waals surface area contributed by atoms with Gasteiger partial charge in [0.05, 0.1) is 30.6 Å². The fourth-order valence-electron chi connectivity index (χ4n) is 4.82. The normalized spacial score (nSPS) is 17.6. The van der Waals surface area contributed by atoms with Crippen LogP contribution in [0.4, 0.5) is 16.2 Å². The number of aromatic amines is 1. The number of carbonyl (C=O) groups excluding carboxylic acids is 3. The lowest BCUT2D eigenvalue weighted by molar-refractivity contribution is -0.148. The third-order valence-corrected chi connectivity index (χ3v) is 7.26. The molecular formula is C27H28ClN5O7. The number of rotatable bonds is 8. The van der Waals surface area contributed by atoms with Crippen LogP contribution in [-0.2, 0) is 14.3 Å². The summed E-state index contributed by atoms with van der Waals surface area (Å²) in [6, 6.07) is 12.1. The molecule has 2 amide bonds. The maximum Gasteiger partial charge on any atom is 0.439 e. The van der Waals surface area contributed by atoms with E-state index in [2.05, 4.69) is 24.9 Å². The number of H-pyrrole nitrogens is 1. The van der Waals surface area contributed by atoms with E-state index < -0.39 is 23.9 Å². The number of amides is 2. The molecule has 3 aromatic rings. The predicted molar refractivity (Wildman–Crippen MR) is 146 cm³/mol. The zero-order valence-corrected chi connectivity index (χ0v) is 22.5. The molecule has 210 valence electrons. The number of hydrogen-bond acceptors (Lipinski definition) is 9. The second-order valence-electron chi connectivity index (χ2n) is 9.49. The van der Waals surface area contributed by atoms with Crippen LogP contribution in [-0.4, -0.2) is 67.0 Å². The van der Waals surface area contributed by atoms with Gasteiger partial charge in [-0.25, -0.2) is 9.59 Å². The molecule has 5 rings (SSSR count). The van der Waals surface area contributed by atoms with Gasteiger partial charge in [-0.2, -0.15) is 0 Å². The van der Waals surface area contributed by atoms with Gasteiger partial charge in [-0.3, -0.25) is 24.0 Å². The number of carbonyl (C=O) groups is 3. The first-order chi connectivity index (χ1) is 19.3. The van der Waals surface area contributed by atoms with Crippen LogP contribution in [0.5, 0.6) is 0 Å². The Labute approximate surface area is 234 Å². The SMILES string of the molecule is CCOC(=O)C1CCN(c2ccc(N3C[C@H](CNC(=O)c4ccc(Cl)c(-c5noc(=O)[nH]5)c4)OC3=O)cc2)CC1. The fraction of sp³-hybridized carbons (Fsp3) is 0.370. The van der Waals surface area contributed by atoms with Crippen LogP contribution in [0.2, 0.25) is 5.02 Å². The monoisotopic (exact) mass is 569 g/mol. The maximum atomic E-state index is 12.8. The number of cyclic esters (lactones) is 1. The topological polar surface area (TPSA) is 147 Å². The maximum absolute atomic E-state index is 12.8. The number of piperidine rings is 1. The highest BCUT2D eigenvalue weighted by atomic mass is 35.5. The van der Waals surface area contributed by atoms with Gasteiger partial charge >= 0.3 is 17.8 Å². The van der Waals surface area contributed by atoms with Gasteiger partial charge in [-0.1, -0.05) is 16.8 Å². The van der Waals surface area contributed by atoms with Crippen molar-refractivity contribution in [2.75, 3.05) is 42.6 Å². The van der Waals surface area contributed by atoms with Gasteiger partial charge in [0.15, 0.2) is 5.82 Å². The van der Waals surface area contributed by atoms with Gasteiger partial charge in [0.25, 0.3) is 5.91 Å². The fourth-order valence-corrected chi connectivity index (χ4v) is 5.03. The van der Waals surface area contributed by atoms with Gasteiger partial charge in [-0.05, 0) is 62.2 Å². The van der Waals surface area contributed by atoms with E-state index in [4.69, 9.17) is 21.1 Å². The lowest BCUT2D eigenvalue weighted by atomic mass is 9.96. The molecule has 12 nitrogen and oxygen atoms in total. The zero-order valence-electron chi connectivity index (χ0n) is 21.7. The van der Waals surface area contributed by atoms with E-state index in [9.17, 15) is 19.2 Å². The van der Waals surface area contributed by atoms with E-state index in [1.165, 1.54) is 23.1 Å². The smallest absolute Gasteiger partial charge is 0.439 e. The highest BCUT2D eigenvalue weighted by molar-refractivity contribution is 6.33. The summed E-state index contributed by atoms with van der Waals surface area (Å²) in [4.78, 5) is 54.7. The highest BCUT2D eigenvalue weighted by Crippen LogP contribution is 2.29. The molecule has 2 saturated heterocycles. The van der Waals surface area contributed by atoms with Crippen LogP contribution in [0, 0.1) is 5.92 Å². The quantitative estimate of drug-likeness (QED) is 0.390. The molecule has 0 bridgehead atoms. The molecule has 40 heavy (non-hydrogen) atoms. The molecule has 0 unspecified atom stereocenters. The molecule has 0 aliphatic carbocycles. The van der Waals surface area contributed by atoms with Crippen LogP contribution in [0.1, 0.15) is 30.1 Å². The van der Waals surface area contributed by atoms with Crippen molar-refractivity contribution in [1.29, 1.82) is 0 Å². The van der Waals surface area contributed by atoms with E-state index in [1.54, 1.807) is 0 Å². The molecule has 2 aliphatic heterocycles. The van der Waals surface area contributed by atoms with Gasteiger partial charge in [0.2, 0.25) is 0 Å². The van der Waals surface area contributed by atoms with Gasteiger partial charge in [0, 0.05) is 35.6 Å². The van der Waals surface area contributed by atoms with E-state index in [-0.39, 0.29) is 41.4 Å². The van der Waals surface area contributed by atoms with E-state index >= 15 is 0 Å². The molecule has 13 heteroatoms. The number of aromatic nitrogens is 2. The second-order valence-corrected chi connectivity index (χ2v) is 9.90. The lowest BCUT2D eigenvalue weighted by Gasteiger charge is -2.32. The molecule has 0 saturated carbocycles. The van der Waals surface area contributed by atoms with Crippen LogP contribution in [0.15, 0.2) is 51.8 Å². The predicted octanol–water partition coefficient (Wildman–Crippen LogP) is 3.22. The van der Waals surface area contributed by atoms with E-state index in [0.29, 0.717) is 17.9 Å². The van der Waals surface area contributed by atoms with Gasteiger partial charge < -0.3 is 19.7 Å². The van der Waals surface area contributed by atoms with Crippen molar-refractivity contribution in [3.8, 4) is 11.4 Å². The Morgan fingerprint density at radius 3 is 2.52 bits per heavy atom. The minimum absolute atomic E-state index is 0.0620. The van der Waals surface area contributed by atoms with E-state index in [1.807, 2.05) is 31.2 Å². The minimum atomic E-state index is -0.737. The van der Waals surface area contributed by atoms with Crippen molar-refractivity contribution < 1.29 is 28.4 Å². The van der Waals surface area contributed by atoms with Crippen LogP contribution in [0.3, 0.4) is 0 Å². The third kappa shape index (κ3) is 5.96. The average Bonchev–Trinajstić information content (AvgIpc) is 3.57. The Kier molecular flexibility index (Phi) is 8.06. The minimum Gasteiger partial charge on any atom is -0.466 e. The number of anilines is 2. The largest absolute Gasteiger partial charge is 0.466 e. The Morgan fingerprint density at radius 2 is 1.85 bits per heavy atom. The summed E-state index contributed by atoms with van der Waals surface area (Å²) in [6.07, 6.45) is 0.440.